The van der Waals surface area contributed by atoms with Crippen molar-refractivity contribution in [2.24, 2.45) is 0 Å². The molecule has 8 heteroatoms. The maximum atomic E-state index is 12.5. The van der Waals surface area contributed by atoms with Gasteiger partial charge in [-0.2, -0.15) is 5.10 Å². The number of amides is 1. The molecule has 0 atom stereocenters. The van der Waals surface area contributed by atoms with Crippen molar-refractivity contribution in [2.75, 3.05) is 19.5 Å². The number of ether oxygens (including phenoxy) is 2. The van der Waals surface area contributed by atoms with Crippen molar-refractivity contribution in [1.29, 1.82) is 0 Å². The lowest BCUT2D eigenvalue weighted by atomic mass is 10.1. The lowest BCUT2D eigenvalue weighted by Crippen LogP contribution is -2.17. The Balaban J connectivity index is 2.44. The summed E-state index contributed by atoms with van der Waals surface area (Å²) in [5.41, 5.74) is 1.95. The molecule has 1 amide bonds. The maximum absolute atomic E-state index is 12.5. The van der Waals surface area contributed by atoms with Crippen LogP contribution in [0, 0.1) is 13.8 Å². The number of methoxy groups -OCH3 is 2. The van der Waals surface area contributed by atoms with Crippen LogP contribution in [0.25, 0.3) is 0 Å². The second-order valence-electron chi connectivity index (χ2n) is 5.01. The molecule has 1 aromatic carbocycles. The van der Waals surface area contributed by atoms with E-state index in [0.717, 1.165) is 0 Å². The third-order valence-corrected chi connectivity index (χ3v) is 3.45. The predicted octanol–water partition coefficient (Wildman–Crippen LogP) is 1.85. The first-order chi connectivity index (χ1) is 11.4. The first-order valence-electron chi connectivity index (χ1n) is 7.02. The van der Waals surface area contributed by atoms with Crippen molar-refractivity contribution in [3.05, 3.63) is 46.3 Å². The number of carbonyl (C=O) groups is 3. The molecule has 24 heavy (non-hydrogen) atoms. The van der Waals surface area contributed by atoms with E-state index in [4.69, 9.17) is 4.74 Å². The molecule has 126 valence electrons. The molecule has 8 nitrogen and oxygen atoms in total. The molecule has 0 aliphatic rings. The van der Waals surface area contributed by atoms with E-state index in [1.165, 1.54) is 32.4 Å². The van der Waals surface area contributed by atoms with Crippen LogP contribution in [0.2, 0.25) is 0 Å². The predicted molar refractivity (Wildman–Crippen MR) is 85.1 cm³/mol. The number of carbonyl (C=O) groups excluding carboxylic acids is 3. The minimum Gasteiger partial charge on any atom is -0.465 e. The third-order valence-electron chi connectivity index (χ3n) is 3.45. The molecule has 2 aromatic rings. The van der Waals surface area contributed by atoms with Crippen molar-refractivity contribution in [1.82, 2.24) is 10.2 Å². The van der Waals surface area contributed by atoms with Crippen molar-refractivity contribution in [3.8, 4) is 0 Å². The molecule has 0 bridgehead atoms. The van der Waals surface area contributed by atoms with Crippen LogP contribution in [0.4, 0.5) is 5.69 Å². The van der Waals surface area contributed by atoms with E-state index in [2.05, 4.69) is 20.3 Å². The van der Waals surface area contributed by atoms with Gasteiger partial charge in [-0.1, -0.05) is 0 Å². The van der Waals surface area contributed by atoms with Crippen LogP contribution in [0.3, 0.4) is 0 Å². The van der Waals surface area contributed by atoms with E-state index in [-0.39, 0.29) is 16.8 Å². The SMILES string of the molecule is COC(=O)c1ccc(C(=O)OC)c(NC(=O)c2c(C)n[nH]c2C)c1. The molecule has 0 fully saturated rings. The van der Waals surface area contributed by atoms with Gasteiger partial charge in [0.1, 0.15) is 0 Å². The molecule has 0 unspecified atom stereocenters. The fourth-order valence-corrected chi connectivity index (χ4v) is 2.25. The summed E-state index contributed by atoms with van der Waals surface area (Å²) in [7, 11) is 2.47. The zero-order chi connectivity index (χ0) is 17.9. The summed E-state index contributed by atoms with van der Waals surface area (Å²) in [5.74, 6) is -1.68. The highest BCUT2D eigenvalue weighted by Crippen LogP contribution is 2.21. The number of esters is 2. The maximum Gasteiger partial charge on any atom is 0.339 e. The highest BCUT2D eigenvalue weighted by atomic mass is 16.5. The topological polar surface area (TPSA) is 110 Å². The zero-order valence-corrected chi connectivity index (χ0v) is 13.7. The van der Waals surface area contributed by atoms with Gasteiger partial charge >= 0.3 is 11.9 Å². The van der Waals surface area contributed by atoms with Crippen LogP contribution in [0.5, 0.6) is 0 Å². The van der Waals surface area contributed by atoms with Crippen molar-refractivity contribution in [3.63, 3.8) is 0 Å². The number of hydrogen-bond acceptors (Lipinski definition) is 6. The number of nitrogens with zero attached hydrogens (tertiary/aromatic N) is 1. The second-order valence-corrected chi connectivity index (χ2v) is 5.01. The number of H-pyrrole nitrogens is 1. The van der Waals surface area contributed by atoms with Gasteiger partial charge in [-0.25, -0.2) is 9.59 Å². The van der Waals surface area contributed by atoms with Crippen LogP contribution in [0.1, 0.15) is 42.5 Å². The number of rotatable bonds is 4. The zero-order valence-electron chi connectivity index (χ0n) is 13.7. The lowest BCUT2D eigenvalue weighted by molar-refractivity contribution is 0.0587. The molecule has 2 N–H and O–H groups in total. The highest BCUT2D eigenvalue weighted by Gasteiger charge is 2.20. The smallest absolute Gasteiger partial charge is 0.339 e. The Hall–Kier alpha value is -3.16. The monoisotopic (exact) mass is 331 g/mol. The van der Waals surface area contributed by atoms with Gasteiger partial charge in [0.05, 0.1) is 42.3 Å². The molecule has 1 heterocycles. The van der Waals surface area contributed by atoms with Crippen molar-refractivity contribution < 1.29 is 23.9 Å². The molecule has 0 aliphatic heterocycles. The molecule has 0 spiro atoms. The Morgan fingerprint density at radius 2 is 1.75 bits per heavy atom. The van der Waals surface area contributed by atoms with Crippen LogP contribution in [-0.4, -0.2) is 42.3 Å². The average molecular weight is 331 g/mol. The molecule has 1 aromatic heterocycles. The van der Waals surface area contributed by atoms with Gasteiger partial charge in [0.25, 0.3) is 5.91 Å². The highest BCUT2D eigenvalue weighted by molar-refractivity contribution is 6.09. The number of nitrogens with one attached hydrogen (secondary N) is 2. The van der Waals surface area contributed by atoms with E-state index in [0.29, 0.717) is 17.0 Å². The largest absolute Gasteiger partial charge is 0.465 e. The van der Waals surface area contributed by atoms with Gasteiger partial charge in [-0.3, -0.25) is 9.89 Å². The third kappa shape index (κ3) is 3.27. The van der Waals surface area contributed by atoms with Gasteiger partial charge in [0.15, 0.2) is 0 Å². The van der Waals surface area contributed by atoms with Gasteiger partial charge in [0.2, 0.25) is 0 Å². The van der Waals surface area contributed by atoms with E-state index in [1.54, 1.807) is 13.8 Å². The van der Waals surface area contributed by atoms with E-state index >= 15 is 0 Å². The number of aromatic amines is 1. The summed E-state index contributed by atoms with van der Waals surface area (Å²) in [6.07, 6.45) is 0. The summed E-state index contributed by atoms with van der Waals surface area (Å²) in [6, 6.07) is 4.17. The van der Waals surface area contributed by atoms with Gasteiger partial charge in [-0.15, -0.1) is 0 Å². The number of benzene rings is 1. The van der Waals surface area contributed by atoms with E-state index in [9.17, 15) is 14.4 Å². The molecule has 0 radical (unpaired) electrons. The molecule has 0 saturated carbocycles. The van der Waals surface area contributed by atoms with Gasteiger partial charge < -0.3 is 14.8 Å². The summed E-state index contributed by atoms with van der Waals surface area (Å²) >= 11 is 0. The minimum absolute atomic E-state index is 0.123. The first-order valence-corrected chi connectivity index (χ1v) is 7.02. The average Bonchev–Trinajstić information content (AvgIpc) is 2.91. The van der Waals surface area contributed by atoms with E-state index in [1.807, 2.05) is 0 Å². The van der Waals surface area contributed by atoms with Gasteiger partial charge in [-0.05, 0) is 32.0 Å². The quantitative estimate of drug-likeness (QED) is 0.827. The van der Waals surface area contributed by atoms with Crippen LogP contribution in [0.15, 0.2) is 18.2 Å². The molecule has 2 rings (SSSR count). The Morgan fingerprint density at radius 1 is 1.08 bits per heavy atom. The summed E-state index contributed by atoms with van der Waals surface area (Å²) < 4.78 is 9.35. The minimum atomic E-state index is -0.637. The van der Waals surface area contributed by atoms with Crippen LogP contribution >= 0.6 is 0 Å². The number of anilines is 1. The normalized spacial score (nSPS) is 10.2. The lowest BCUT2D eigenvalue weighted by Gasteiger charge is -2.11. The molecule has 0 aliphatic carbocycles. The fourth-order valence-electron chi connectivity index (χ4n) is 2.25. The standard InChI is InChI=1S/C16H17N3O5/c1-8-13(9(2)19-18-8)14(20)17-12-7-10(15(21)23-3)5-6-11(12)16(22)24-4/h5-7H,1-4H3,(H,17,20)(H,18,19). The van der Waals surface area contributed by atoms with Crippen molar-refractivity contribution in [2.45, 2.75) is 13.8 Å². The number of aromatic nitrogens is 2. The summed E-state index contributed by atoms with van der Waals surface area (Å²) in [6.45, 7) is 3.39. The fraction of sp³-hybridized carbons (Fsp3) is 0.250. The molecular formula is C16H17N3O5. The molecular weight excluding hydrogens is 314 g/mol. The molecule has 0 saturated heterocycles. The summed E-state index contributed by atoms with van der Waals surface area (Å²) in [5, 5.41) is 9.30. The first kappa shape index (κ1) is 17.2. The number of hydrogen-bond donors (Lipinski definition) is 2. The van der Waals surface area contributed by atoms with Crippen LogP contribution < -0.4 is 5.32 Å². The van der Waals surface area contributed by atoms with E-state index < -0.39 is 17.8 Å². The number of aryl methyl sites for hydroxylation is 2. The van der Waals surface area contributed by atoms with Crippen LogP contribution in [-0.2, 0) is 9.47 Å². The summed E-state index contributed by atoms with van der Waals surface area (Å²) in [4.78, 5) is 36.0. The Bertz CT molecular complexity index is 791. The Morgan fingerprint density at radius 3 is 2.29 bits per heavy atom. The van der Waals surface area contributed by atoms with Gasteiger partial charge in [0, 0.05) is 5.69 Å². The Kier molecular flexibility index (Phi) is 4.98. The second kappa shape index (κ2) is 6.95. The van der Waals surface area contributed by atoms with Crippen molar-refractivity contribution >= 4 is 23.5 Å². The Labute approximate surface area is 138 Å².